The van der Waals surface area contributed by atoms with Crippen LogP contribution in [-0.2, 0) is 6.42 Å². The van der Waals surface area contributed by atoms with Crippen LogP contribution in [0.1, 0.15) is 11.1 Å². The second-order valence-corrected chi connectivity index (χ2v) is 5.92. The van der Waals surface area contributed by atoms with Crippen molar-refractivity contribution < 1.29 is 30.3 Å². The standard InChI is InChI=1S/C19H24O6/c20-11-16(21)18(23)19(24)17(22)12-25-15-8-4-7-14(10-15)9-13-5-2-1-3-6-13/h1-8,10,16-24H,9,11-12H2. The topological polar surface area (TPSA) is 110 Å². The molecule has 4 atom stereocenters. The molecule has 0 bridgehead atoms. The Bertz CT molecular complexity index is 633. The predicted molar refractivity (Wildman–Crippen MR) is 92.3 cm³/mol. The lowest BCUT2D eigenvalue weighted by Gasteiger charge is -2.25. The number of benzene rings is 2. The van der Waals surface area contributed by atoms with Gasteiger partial charge < -0.3 is 30.3 Å². The summed E-state index contributed by atoms with van der Waals surface area (Å²) in [5.41, 5.74) is 2.20. The SMILES string of the molecule is OCC(O)C(O)C(O)C(O)COc1cccc(Cc2ccccc2)c1. The molecule has 0 aromatic heterocycles. The Kier molecular flexibility index (Phi) is 7.36. The highest BCUT2D eigenvalue weighted by molar-refractivity contribution is 5.32. The second-order valence-electron chi connectivity index (χ2n) is 5.92. The molecule has 2 rings (SSSR count). The molecule has 0 spiro atoms. The Balaban J connectivity index is 1.91. The zero-order valence-corrected chi connectivity index (χ0v) is 13.8. The normalized spacial score (nSPS) is 16.0. The fourth-order valence-corrected chi connectivity index (χ4v) is 2.42. The summed E-state index contributed by atoms with van der Waals surface area (Å²) < 4.78 is 5.47. The van der Waals surface area contributed by atoms with E-state index in [1.807, 2.05) is 48.5 Å². The highest BCUT2D eigenvalue weighted by Gasteiger charge is 2.30. The van der Waals surface area contributed by atoms with Gasteiger partial charge in [-0.05, 0) is 29.7 Å². The highest BCUT2D eigenvalue weighted by Crippen LogP contribution is 2.17. The van der Waals surface area contributed by atoms with Crippen LogP contribution in [0.5, 0.6) is 5.75 Å². The lowest BCUT2D eigenvalue weighted by molar-refractivity contribution is -0.121. The van der Waals surface area contributed by atoms with E-state index in [2.05, 4.69) is 0 Å². The molecular formula is C19H24O6. The molecule has 0 aliphatic rings. The number of aliphatic hydroxyl groups excluding tert-OH is 5. The summed E-state index contributed by atoms with van der Waals surface area (Å²) in [6.45, 7) is -0.974. The number of hydrogen-bond acceptors (Lipinski definition) is 6. The maximum absolute atomic E-state index is 9.87. The van der Waals surface area contributed by atoms with Crippen molar-refractivity contribution in [2.45, 2.75) is 30.8 Å². The van der Waals surface area contributed by atoms with Gasteiger partial charge in [-0.2, -0.15) is 0 Å². The van der Waals surface area contributed by atoms with Crippen molar-refractivity contribution in [3.05, 3.63) is 65.7 Å². The molecule has 0 aliphatic carbocycles. The molecule has 0 amide bonds. The Morgan fingerprint density at radius 2 is 1.40 bits per heavy atom. The maximum atomic E-state index is 9.87. The molecule has 6 heteroatoms. The number of rotatable bonds is 9. The predicted octanol–water partition coefficient (Wildman–Crippen LogP) is 0.0921. The molecule has 0 aliphatic heterocycles. The first kappa shape index (κ1) is 19.4. The first-order valence-corrected chi connectivity index (χ1v) is 8.10. The Labute approximate surface area is 146 Å². The average Bonchev–Trinajstić information content (AvgIpc) is 2.65. The van der Waals surface area contributed by atoms with Gasteiger partial charge >= 0.3 is 0 Å². The third-order valence-corrected chi connectivity index (χ3v) is 3.90. The zero-order chi connectivity index (χ0) is 18.2. The van der Waals surface area contributed by atoms with Gasteiger partial charge in [0.25, 0.3) is 0 Å². The maximum Gasteiger partial charge on any atom is 0.119 e. The molecule has 0 radical (unpaired) electrons. The summed E-state index contributed by atoms with van der Waals surface area (Å²) in [6.07, 6.45) is -5.49. The van der Waals surface area contributed by atoms with Crippen LogP contribution < -0.4 is 4.74 Å². The lowest BCUT2D eigenvalue weighted by atomic mass is 10.0. The first-order valence-electron chi connectivity index (χ1n) is 8.10. The van der Waals surface area contributed by atoms with E-state index in [1.54, 1.807) is 6.07 Å². The van der Waals surface area contributed by atoms with Crippen LogP contribution in [0.3, 0.4) is 0 Å². The van der Waals surface area contributed by atoms with Crippen molar-refractivity contribution in [3.63, 3.8) is 0 Å². The average molecular weight is 348 g/mol. The van der Waals surface area contributed by atoms with E-state index >= 15 is 0 Å². The van der Waals surface area contributed by atoms with E-state index in [1.165, 1.54) is 0 Å². The quantitative estimate of drug-likeness (QED) is 0.439. The van der Waals surface area contributed by atoms with Gasteiger partial charge in [-0.25, -0.2) is 0 Å². The van der Waals surface area contributed by atoms with Crippen molar-refractivity contribution in [2.75, 3.05) is 13.2 Å². The monoisotopic (exact) mass is 348 g/mol. The number of ether oxygens (including phenoxy) is 1. The van der Waals surface area contributed by atoms with Crippen LogP contribution in [-0.4, -0.2) is 63.2 Å². The smallest absolute Gasteiger partial charge is 0.119 e. The van der Waals surface area contributed by atoms with Gasteiger partial charge in [0.05, 0.1) is 6.61 Å². The van der Waals surface area contributed by atoms with E-state index in [9.17, 15) is 20.4 Å². The lowest BCUT2D eigenvalue weighted by Crippen LogP contribution is -2.47. The van der Waals surface area contributed by atoms with Gasteiger partial charge in [0.2, 0.25) is 0 Å². The minimum absolute atomic E-state index is 0.259. The van der Waals surface area contributed by atoms with E-state index < -0.39 is 31.0 Å². The van der Waals surface area contributed by atoms with Crippen LogP contribution in [0.4, 0.5) is 0 Å². The summed E-state index contributed by atoms with van der Waals surface area (Å²) >= 11 is 0. The van der Waals surface area contributed by atoms with Gasteiger partial charge in [-0.1, -0.05) is 42.5 Å². The van der Waals surface area contributed by atoms with Crippen LogP contribution in [0, 0.1) is 0 Å². The van der Waals surface area contributed by atoms with Crippen molar-refractivity contribution in [1.82, 2.24) is 0 Å². The molecular weight excluding hydrogens is 324 g/mol. The van der Waals surface area contributed by atoms with E-state index in [0.717, 1.165) is 17.5 Å². The third-order valence-electron chi connectivity index (χ3n) is 3.90. The zero-order valence-electron chi connectivity index (χ0n) is 13.8. The molecule has 25 heavy (non-hydrogen) atoms. The fourth-order valence-electron chi connectivity index (χ4n) is 2.42. The van der Waals surface area contributed by atoms with Gasteiger partial charge in [-0.15, -0.1) is 0 Å². The summed E-state index contributed by atoms with van der Waals surface area (Å²) in [4.78, 5) is 0. The first-order chi connectivity index (χ1) is 12.0. The molecule has 0 heterocycles. The molecule has 2 aromatic rings. The molecule has 5 N–H and O–H groups in total. The molecule has 6 nitrogen and oxygen atoms in total. The minimum Gasteiger partial charge on any atom is -0.491 e. The summed E-state index contributed by atoms with van der Waals surface area (Å²) in [5.74, 6) is 0.525. The summed E-state index contributed by atoms with van der Waals surface area (Å²) in [6, 6.07) is 17.3. The highest BCUT2D eigenvalue weighted by atomic mass is 16.5. The van der Waals surface area contributed by atoms with Gasteiger partial charge in [0.1, 0.15) is 36.8 Å². The van der Waals surface area contributed by atoms with Crippen molar-refractivity contribution in [1.29, 1.82) is 0 Å². The molecule has 136 valence electrons. The van der Waals surface area contributed by atoms with Gasteiger partial charge in [0.15, 0.2) is 0 Å². The van der Waals surface area contributed by atoms with Crippen molar-refractivity contribution in [3.8, 4) is 5.75 Å². The molecule has 0 saturated carbocycles. The minimum atomic E-state index is -1.66. The van der Waals surface area contributed by atoms with E-state index in [0.29, 0.717) is 5.75 Å². The largest absolute Gasteiger partial charge is 0.491 e. The van der Waals surface area contributed by atoms with Crippen LogP contribution >= 0.6 is 0 Å². The number of aliphatic hydroxyl groups is 5. The van der Waals surface area contributed by atoms with Crippen LogP contribution in [0.15, 0.2) is 54.6 Å². The van der Waals surface area contributed by atoms with Crippen molar-refractivity contribution in [2.24, 2.45) is 0 Å². The van der Waals surface area contributed by atoms with Crippen LogP contribution in [0.2, 0.25) is 0 Å². The van der Waals surface area contributed by atoms with Crippen molar-refractivity contribution >= 4 is 0 Å². The van der Waals surface area contributed by atoms with E-state index in [-0.39, 0.29) is 6.61 Å². The Hall–Kier alpha value is -1.96. The summed E-state index contributed by atoms with van der Waals surface area (Å²) in [7, 11) is 0. The molecule has 0 saturated heterocycles. The molecule has 4 unspecified atom stereocenters. The molecule has 2 aromatic carbocycles. The second kappa shape index (κ2) is 9.50. The fraction of sp³-hybridized carbons (Fsp3) is 0.368. The Morgan fingerprint density at radius 1 is 0.760 bits per heavy atom. The third kappa shape index (κ3) is 5.81. The molecule has 0 fully saturated rings. The van der Waals surface area contributed by atoms with Gasteiger partial charge in [0, 0.05) is 0 Å². The Morgan fingerprint density at radius 3 is 2.08 bits per heavy atom. The number of hydrogen-bond donors (Lipinski definition) is 5. The van der Waals surface area contributed by atoms with Crippen LogP contribution in [0.25, 0.3) is 0 Å². The van der Waals surface area contributed by atoms with E-state index in [4.69, 9.17) is 9.84 Å². The van der Waals surface area contributed by atoms with Gasteiger partial charge in [-0.3, -0.25) is 0 Å². The summed E-state index contributed by atoms with van der Waals surface area (Å²) in [5, 5.41) is 47.3.